The molecule has 0 aliphatic rings. The van der Waals surface area contributed by atoms with Crippen molar-refractivity contribution in [3.63, 3.8) is 0 Å². The molecule has 0 atom stereocenters. The van der Waals surface area contributed by atoms with E-state index in [1.807, 2.05) is 18.2 Å². The zero-order chi connectivity index (χ0) is 13.2. The summed E-state index contributed by atoms with van der Waals surface area (Å²) in [5.41, 5.74) is 2.92. The van der Waals surface area contributed by atoms with Gasteiger partial charge in [-0.3, -0.25) is 4.98 Å². The van der Waals surface area contributed by atoms with Gasteiger partial charge in [0.15, 0.2) is 0 Å². The predicted octanol–water partition coefficient (Wildman–Crippen LogP) is 2.88. The standard InChI is InChI=1S/C15H17N3O/c1-2-3-8-18-14(10-19)17-13-9-16-12-7-5-4-6-11(12)15(13)18/h4-7,9,19H,2-3,8,10H2,1H3. The molecule has 0 aliphatic carbocycles. The number of aryl methyl sites for hydroxylation is 1. The first-order valence-corrected chi connectivity index (χ1v) is 6.69. The van der Waals surface area contributed by atoms with E-state index in [0.717, 1.165) is 47.1 Å². The summed E-state index contributed by atoms with van der Waals surface area (Å²) in [6.45, 7) is 3.01. The van der Waals surface area contributed by atoms with Crippen LogP contribution in [0.4, 0.5) is 0 Å². The number of imidazole rings is 1. The molecule has 1 N–H and O–H groups in total. The molecular weight excluding hydrogens is 238 g/mol. The number of hydrogen-bond donors (Lipinski definition) is 1. The molecule has 19 heavy (non-hydrogen) atoms. The number of unbranched alkanes of at least 4 members (excludes halogenated alkanes) is 1. The average Bonchev–Trinajstić information content (AvgIpc) is 2.83. The van der Waals surface area contributed by atoms with Crippen LogP contribution in [-0.4, -0.2) is 19.6 Å². The molecule has 0 saturated carbocycles. The molecule has 4 heteroatoms. The van der Waals surface area contributed by atoms with Crippen molar-refractivity contribution in [3.8, 4) is 0 Å². The number of aliphatic hydroxyl groups excluding tert-OH is 1. The summed E-state index contributed by atoms with van der Waals surface area (Å²) >= 11 is 0. The van der Waals surface area contributed by atoms with Crippen LogP contribution in [0.1, 0.15) is 25.6 Å². The second kappa shape index (κ2) is 4.97. The van der Waals surface area contributed by atoms with Gasteiger partial charge in [-0.2, -0.15) is 0 Å². The zero-order valence-corrected chi connectivity index (χ0v) is 11.0. The van der Waals surface area contributed by atoms with Gasteiger partial charge in [0.25, 0.3) is 0 Å². The maximum Gasteiger partial charge on any atom is 0.135 e. The van der Waals surface area contributed by atoms with E-state index in [0.29, 0.717) is 0 Å². The van der Waals surface area contributed by atoms with E-state index in [2.05, 4.69) is 27.5 Å². The molecule has 2 heterocycles. The molecule has 2 aromatic heterocycles. The third-order valence-electron chi connectivity index (χ3n) is 3.44. The molecule has 3 aromatic rings. The van der Waals surface area contributed by atoms with Gasteiger partial charge in [0.2, 0.25) is 0 Å². The monoisotopic (exact) mass is 255 g/mol. The van der Waals surface area contributed by atoms with Crippen LogP contribution >= 0.6 is 0 Å². The van der Waals surface area contributed by atoms with Crippen molar-refractivity contribution in [2.45, 2.75) is 32.9 Å². The fourth-order valence-electron chi connectivity index (χ4n) is 2.49. The highest BCUT2D eigenvalue weighted by molar-refractivity contribution is 6.02. The molecular formula is C15H17N3O. The lowest BCUT2D eigenvalue weighted by Crippen LogP contribution is -2.04. The average molecular weight is 255 g/mol. The van der Waals surface area contributed by atoms with E-state index < -0.39 is 0 Å². The van der Waals surface area contributed by atoms with Gasteiger partial charge in [-0.05, 0) is 12.5 Å². The number of nitrogens with zero attached hydrogens (tertiary/aromatic N) is 3. The number of pyridine rings is 1. The van der Waals surface area contributed by atoms with Crippen LogP contribution in [0.15, 0.2) is 30.5 Å². The van der Waals surface area contributed by atoms with Crippen LogP contribution in [0.3, 0.4) is 0 Å². The number of fused-ring (bicyclic) bond motifs is 3. The Morgan fingerprint density at radius 3 is 2.84 bits per heavy atom. The first kappa shape index (κ1) is 12.1. The van der Waals surface area contributed by atoms with Gasteiger partial charge in [-0.1, -0.05) is 31.5 Å². The number of aromatic nitrogens is 3. The van der Waals surface area contributed by atoms with Gasteiger partial charge in [-0.25, -0.2) is 4.98 Å². The van der Waals surface area contributed by atoms with E-state index in [-0.39, 0.29) is 6.61 Å². The molecule has 1 aromatic carbocycles. The van der Waals surface area contributed by atoms with E-state index >= 15 is 0 Å². The molecule has 0 unspecified atom stereocenters. The first-order chi connectivity index (χ1) is 9.35. The third-order valence-corrected chi connectivity index (χ3v) is 3.44. The van der Waals surface area contributed by atoms with Crippen LogP contribution in [0.5, 0.6) is 0 Å². The predicted molar refractivity (Wildman–Crippen MR) is 75.9 cm³/mol. The molecule has 0 saturated heterocycles. The Morgan fingerprint density at radius 2 is 2.05 bits per heavy atom. The molecule has 3 rings (SSSR count). The number of para-hydroxylation sites is 1. The molecule has 0 radical (unpaired) electrons. The Balaban J connectivity index is 2.32. The molecule has 4 nitrogen and oxygen atoms in total. The van der Waals surface area contributed by atoms with Crippen molar-refractivity contribution in [1.29, 1.82) is 0 Å². The van der Waals surface area contributed by atoms with Gasteiger partial charge in [0, 0.05) is 11.9 Å². The van der Waals surface area contributed by atoms with Gasteiger partial charge in [0.05, 0.1) is 17.2 Å². The van der Waals surface area contributed by atoms with E-state index in [1.165, 1.54) is 0 Å². The summed E-state index contributed by atoms with van der Waals surface area (Å²) < 4.78 is 2.13. The fraction of sp³-hybridized carbons (Fsp3) is 0.333. The Morgan fingerprint density at radius 1 is 1.21 bits per heavy atom. The van der Waals surface area contributed by atoms with Crippen LogP contribution < -0.4 is 0 Å². The summed E-state index contributed by atoms with van der Waals surface area (Å²) in [6, 6.07) is 8.07. The smallest absolute Gasteiger partial charge is 0.135 e. The minimum absolute atomic E-state index is 0.0350. The summed E-state index contributed by atoms with van der Waals surface area (Å²) in [6.07, 6.45) is 3.99. The molecule has 0 aliphatic heterocycles. The zero-order valence-electron chi connectivity index (χ0n) is 11.0. The highest BCUT2D eigenvalue weighted by atomic mass is 16.3. The van der Waals surface area contributed by atoms with Crippen molar-refractivity contribution < 1.29 is 5.11 Å². The number of rotatable bonds is 4. The second-order valence-electron chi connectivity index (χ2n) is 4.70. The summed E-state index contributed by atoms with van der Waals surface area (Å²) in [5.74, 6) is 0.724. The lowest BCUT2D eigenvalue weighted by Gasteiger charge is -2.08. The Hall–Kier alpha value is -1.94. The van der Waals surface area contributed by atoms with Crippen LogP contribution in [0.2, 0.25) is 0 Å². The lowest BCUT2D eigenvalue weighted by molar-refractivity contribution is 0.265. The molecule has 98 valence electrons. The molecule has 0 fully saturated rings. The Labute approximate surface area is 111 Å². The highest BCUT2D eigenvalue weighted by Crippen LogP contribution is 2.25. The Kier molecular flexibility index (Phi) is 3.17. The maximum absolute atomic E-state index is 9.49. The Bertz CT molecular complexity index is 718. The van der Waals surface area contributed by atoms with Crippen molar-refractivity contribution in [3.05, 3.63) is 36.3 Å². The van der Waals surface area contributed by atoms with Gasteiger partial charge >= 0.3 is 0 Å². The quantitative estimate of drug-likeness (QED) is 0.780. The van der Waals surface area contributed by atoms with Crippen LogP contribution in [0, 0.1) is 0 Å². The summed E-state index contributed by atoms with van der Waals surface area (Å²) in [7, 11) is 0. The normalized spacial score (nSPS) is 11.5. The van der Waals surface area contributed by atoms with Gasteiger partial charge in [-0.15, -0.1) is 0 Å². The van der Waals surface area contributed by atoms with E-state index in [1.54, 1.807) is 6.20 Å². The van der Waals surface area contributed by atoms with Gasteiger partial charge < -0.3 is 9.67 Å². The number of benzene rings is 1. The lowest BCUT2D eigenvalue weighted by atomic mass is 10.2. The minimum Gasteiger partial charge on any atom is -0.388 e. The molecule has 0 amide bonds. The van der Waals surface area contributed by atoms with Crippen LogP contribution in [-0.2, 0) is 13.2 Å². The van der Waals surface area contributed by atoms with Crippen molar-refractivity contribution in [2.24, 2.45) is 0 Å². The molecule has 0 bridgehead atoms. The highest BCUT2D eigenvalue weighted by Gasteiger charge is 2.12. The maximum atomic E-state index is 9.49. The third kappa shape index (κ3) is 1.98. The van der Waals surface area contributed by atoms with Crippen LogP contribution in [0.25, 0.3) is 21.9 Å². The second-order valence-corrected chi connectivity index (χ2v) is 4.70. The van der Waals surface area contributed by atoms with Gasteiger partial charge in [0.1, 0.15) is 17.9 Å². The SMILES string of the molecule is CCCCn1c(CO)nc2cnc3ccccc3c21. The largest absolute Gasteiger partial charge is 0.388 e. The van der Waals surface area contributed by atoms with Crippen molar-refractivity contribution in [2.75, 3.05) is 0 Å². The summed E-state index contributed by atoms with van der Waals surface area (Å²) in [5, 5.41) is 10.6. The van der Waals surface area contributed by atoms with Crippen molar-refractivity contribution >= 4 is 21.9 Å². The minimum atomic E-state index is -0.0350. The first-order valence-electron chi connectivity index (χ1n) is 6.69. The fourth-order valence-corrected chi connectivity index (χ4v) is 2.49. The molecule has 0 spiro atoms. The number of aliphatic hydroxyl groups is 1. The number of hydrogen-bond acceptors (Lipinski definition) is 3. The van der Waals surface area contributed by atoms with Crippen molar-refractivity contribution in [1.82, 2.24) is 14.5 Å². The van der Waals surface area contributed by atoms with E-state index in [9.17, 15) is 5.11 Å². The topological polar surface area (TPSA) is 50.9 Å². The van der Waals surface area contributed by atoms with E-state index in [4.69, 9.17) is 0 Å². The summed E-state index contributed by atoms with van der Waals surface area (Å²) in [4.78, 5) is 8.91.